The number of rotatable bonds is 4. The van der Waals surface area contributed by atoms with E-state index in [2.05, 4.69) is 10.0 Å². The van der Waals surface area contributed by atoms with E-state index in [1.807, 2.05) is 6.92 Å². The number of amides is 1. The van der Waals surface area contributed by atoms with Gasteiger partial charge in [0.2, 0.25) is 0 Å². The standard InChI is InChI=1S/C18H20ClN3O3S.ClH/c1-13-12-20-10-11-22(13)18(23)14-2-8-17(9-3-14)26(24,25)21-16-6-4-15(19)5-7-16;/h2-9,13,20-21H,10-12H2,1H3;1H/t13-;/m1./s1. The third-order valence-electron chi connectivity index (χ3n) is 4.27. The Bertz CT molecular complexity index is 887. The molecule has 1 fully saturated rings. The molecule has 3 rings (SSSR count). The molecule has 1 aliphatic heterocycles. The molecule has 1 amide bonds. The first-order chi connectivity index (χ1) is 12.4. The SMILES string of the molecule is C[C@@H]1CNCCN1C(=O)c1ccc(S(=O)(=O)Nc2ccc(Cl)cc2)cc1.Cl. The maximum Gasteiger partial charge on any atom is 0.261 e. The summed E-state index contributed by atoms with van der Waals surface area (Å²) in [7, 11) is -3.73. The molecule has 2 aromatic carbocycles. The molecule has 0 radical (unpaired) electrons. The number of nitrogens with zero attached hydrogens (tertiary/aromatic N) is 1. The lowest BCUT2D eigenvalue weighted by Crippen LogP contribution is -2.52. The normalized spacial score (nSPS) is 17.1. The van der Waals surface area contributed by atoms with Gasteiger partial charge in [0.15, 0.2) is 0 Å². The average Bonchev–Trinajstić information content (AvgIpc) is 2.63. The molecular weight excluding hydrogens is 409 g/mol. The van der Waals surface area contributed by atoms with E-state index in [-0.39, 0.29) is 29.3 Å². The first-order valence-corrected chi connectivity index (χ1v) is 10.1. The van der Waals surface area contributed by atoms with Crippen molar-refractivity contribution in [1.29, 1.82) is 0 Å². The van der Waals surface area contributed by atoms with Gasteiger partial charge in [-0.1, -0.05) is 11.6 Å². The largest absolute Gasteiger partial charge is 0.333 e. The molecule has 27 heavy (non-hydrogen) atoms. The van der Waals surface area contributed by atoms with Gasteiger partial charge in [0.25, 0.3) is 15.9 Å². The summed E-state index contributed by atoms with van der Waals surface area (Å²) in [5.41, 5.74) is 0.897. The number of hydrogen-bond acceptors (Lipinski definition) is 4. The zero-order chi connectivity index (χ0) is 18.7. The molecule has 9 heteroatoms. The van der Waals surface area contributed by atoms with Crippen LogP contribution in [0.5, 0.6) is 0 Å². The minimum Gasteiger partial charge on any atom is -0.333 e. The summed E-state index contributed by atoms with van der Waals surface area (Å²) in [6.45, 7) is 4.13. The molecule has 1 aliphatic rings. The van der Waals surface area contributed by atoms with Crippen LogP contribution in [0.15, 0.2) is 53.4 Å². The topological polar surface area (TPSA) is 78.5 Å². The average molecular weight is 430 g/mol. The molecule has 1 heterocycles. The zero-order valence-electron chi connectivity index (χ0n) is 14.7. The van der Waals surface area contributed by atoms with Gasteiger partial charge in [-0.15, -0.1) is 12.4 Å². The smallest absolute Gasteiger partial charge is 0.261 e. The molecule has 0 saturated carbocycles. The number of sulfonamides is 1. The number of benzene rings is 2. The van der Waals surface area contributed by atoms with Crippen LogP contribution in [-0.4, -0.2) is 44.9 Å². The van der Waals surface area contributed by atoms with Crippen LogP contribution < -0.4 is 10.0 Å². The summed E-state index contributed by atoms with van der Waals surface area (Å²) in [6, 6.07) is 12.5. The van der Waals surface area contributed by atoms with Gasteiger partial charge in [-0.2, -0.15) is 0 Å². The van der Waals surface area contributed by atoms with Gasteiger partial charge in [0, 0.05) is 41.9 Å². The molecule has 0 bridgehead atoms. The summed E-state index contributed by atoms with van der Waals surface area (Å²) < 4.78 is 27.4. The third kappa shape index (κ3) is 5.13. The van der Waals surface area contributed by atoms with Gasteiger partial charge in [-0.25, -0.2) is 8.42 Å². The van der Waals surface area contributed by atoms with Crippen LogP contribution in [0.3, 0.4) is 0 Å². The quantitative estimate of drug-likeness (QED) is 0.782. The van der Waals surface area contributed by atoms with Crippen molar-refractivity contribution in [3.63, 3.8) is 0 Å². The van der Waals surface area contributed by atoms with Crippen LogP contribution in [0.2, 0.25) is 5.02 Å². The van der Waals surface area contributed by atoms with E-state index < -0.39 is 10.0 Å². The Morgan fingerprint density at radius 2 is 1.78 bits per heavy atom. The van der Waals surface area contributed by atoms with Crippen molar-refractivity contribution in [2.45, 2.75) is 17.9 Å². The van der Waals surface area contributed by atoms with E-state index in [0.717, 1.165) is 13.1 Å². The molecule has 2 aromatic rings. The van der Waals surface area contributed by atoms with Gasteiger partial charge in [-0.3, -0.25) is 9.52 Å². The molecule has 1 atom stereocenters. The fourth-order valence-corrected chi connectivity index (χ4v) is 4.00. The Morgan fingerprint density at radius 3 is 2.37 bits per heavy atom. The van der Waals surface area contributed by atoms with Crippen molar-refractivity contribution in [3.8, 4) is 0 Å². The summed E-state index contributed by atoms with van der Waals surface area (Å²) in [5.74, 6) is -0.0893. The van der Waals surface area contributed by atoms with E-state index >= 15 is 0 Å². The molecule has 1 saturated heterocycles. The number of hydrogen-bond donors (Lipinski definition) is 2. The van der Waals surface area contributed by atoms with Crippen molar-refractivity contribution in [2.24, 2.45) is 0 Å². The Hall–Kier alpha value is -1.80. The maximum absolute atomic E-state index is 12.6. The van der Waals surface area contributed by atoms with Gasteiger partial charge >= 0.3 is 0 Å². The van der Waals surface area contributed by atoms with Gasteiger partial charge < -0.3 is 10.2 Å². The predicted molar refractivity (Wildman–Crippen MR) is 109 cm³/mol. The molecular formula is C18H21Cl2N3O3S. The van der Waals surface area contributed by atoms with Crippen LogP contribution in [-0.2, 0) is 10.0 Å². The monoisotopic (exact) mass is 429 g/mol. The van der Waals surface area contributed by atoms with Crippen molar-refractivity contribution in [2.75, 3.05) is 24.4 Å². The Labute approximate surface area is 170 Å². The lowest BCUT2D eigenvalue weighted by molar-refractivity contribution is 0.0655. The number of carbonyl (C=O) groups excluding carboxylic acids is 1. The van der Waals surface area contributed by atoms with Gasteiger partial charge in [0.1, 0.15) is 0 Å². The maximum atomic E-state index is 12.6. The zero-order valence-corrected chi connectivity index (χ0v) is 17.1. The Morgan fingerprint density at radius 1 is 1.15 bits per heavy atom. The summed E-state index contributed by atoms with van der Waals surface area (Å²) in [4.78, 5) is 14.5. The number of piperazine rings is 1. The van der Waals surface area contributed by atoms with E-state index in [4.69, 9.17) is 11.6 Å². The second-order valence-electron chi connectivity index (χ2n) is 6.19. The number of nitrogens with one attached hydrogen (secondary N) is 2. The van der Waals surface area contributed by atoms with Crippen molar-refractivity contribution in [3.05, 3.63) is 59.1 Å². The van der Waals surface area contributed by atoms with Crippen LogP contribution in [0, 0.1) is 0 Å². The lowest BCUT2D eigenvalue weighted by Gasteiger charge is -2.34. The van der Waals surface area contributed by atoms with Crippen molar-refractivity contribution < 1.29 is 13.2 Å². The van der Waals surface area contributed by atoms with Crippen molar-refractivity contribution in [1.82, 2.24) is 10.2 Å². The van der Waals surface area contributed by atoms with E-state index in [9.17, 15) is 13.2 Å². The van der Waals surface area contributed by atoms with E-state index in [1.54, 1.807) is 41.3 Å². The lowest BCUT2D eigenvalue weighted by atomic mass is 10.1. The Kier molecular flexibility index (Phi) is 7.11. The highest BCUT2D eigenvalue weighted by Crippen LogP contribution is 2.19. The molecule has 0 spiro atoms. The fourth-order valence-electron chi connectivity index (χ4n) is 2.82. The molecule has 146 valence electrons. The van der Waals surface area contributed by atoms with Crippen LogP contribution in [0.4, 0.5) is 5.69 Å². The van der Waals surface area contributed by atoms with Gasteiger partial charge in [-0.05, 0) is 55.5 Å². The Balaban J connectivity index is 0.00000261. The van der Waals surface area contributed by atoms with Crippen LogP contribution >= 0.6 is 24.0 Å². The number of anilines is 1. The second kappa shape index (κ2) is 8.93. The highest BCUT2D eigenvalue weighted by Gasteiger charge is 2.24. The highest BCUT2D eigenvalue weighted by atomic mass is 35.5. The molecule has 0 unspecified atom stereocenters. The van der Waals surface area contributed by atoms with Crippen LogP contribution in [0.25, 0.3) is 0 Å². The molecule has 6 nitrogen and oxygen atoms in total. The molecule has 0 aromatic heterocycles. The summed E-state index contributed by atoms with van der Waals surface area (Å²) in [6.07, 6.45) is 0. The predicted octanol–water partition coefficient (Wildman–Crippen LogP) is 3.00. The number of halogens is 2. The van der Waals surface area contributed by atoms with E-state index in [0.29, 0.717) is 22.8 Å². The number of carbonyl (C=O) groups is 1. The first kappa shape index (κ1) is 21.5. The summed E-state index contributed by atoms with van der Waals surface area (Å²) in [5, 5.41) is 3.76. The van der Waals surface area contributed by atoms with Gasteiger partial charge in [0.05, 0.1) is 4.90 Å². The molecule has 2 N–H and O–H groups in total. The van der Waals surface area contributed by atoms with Crippen LogP contribution in [0.1, 0.15) is 17.3 Å². The first-order valence-electron chi connectivity index (χ1n) is 8.27. The fraction of sp³-hybridized carbons (Fsp3) is 0.278. The minimum atomic E-state index is -3.73. The second-order valence-corrected chi connectivity index (χ2v) is 8.31. The minimum absolute atomic E-state index is 0. The van der Waals surface area contributed by atoms with Crippen molar-refractivity contribution >= 4 is 45.6 Å². The molecule has 0 aliphatic carbocycles. The highest BCUT2D eigenvalue weighted by molar-refractivity contribution is 7.92. The van der Waals surface area contributed by atoms with E-state index in [1.165, 1.54) is 12.1 Å². The summed E-state index contributed by atoms with van der Waals surface area (Å²) >= 11 is 5.80. The third-order valence-corrected chi connectivity index (χ3v) is 5.92.